The molecule has 0 atom stereocenters. The van der Waals surface area contributed by atoms with E-state index in [0.29, 0.717) is 16.5 Å². The van der Waals surface area contributed by atoms with E-state index in [2.05, 4.69) is 5.32 Å². The van der Waals surface area contributed by atoms with Gasteiger partial charge in [-0.25, -0.2) is 13.1 Å². The fourth-order valence-electron chi connectivity index (χ4n) is 2.09. The van der Waals surface area contributed by atoms with Crippen LogP contribution in [0.1, 0.15) is 20.8 Å². The molecule has 0 heterocycles. The van der Waals surface area contributed by atoms with Gasteiger partial charge in [-0.15, -0.1) is 0 Å². The van der Waals surface area contributed by atoms with Gasteiger partial charge in [-0.05, 0) is 62.4 Å². The Hall–Kier alpha value is -2.58. The summed E-state index contributed by atoms with van der Waals surface area (Å²) in [5, 5.41) is 3.22. The number of benzene rings is 2. The van der Waals surface area contributed by atoms with Crippen molar-refractivity contribution < 1.29 is 22.7 Å². The van der Waals surface area contributed by atoms with E-state index in [1.165, 1.54) is 24.3 Å². The van der Waals surface area contributed by atoms with Gasteiger partial charge >= 0.3 is 0 Å². The molecule has 0 saturated carbocycles. The van der Waals surface area contributed by atoms with E-state index in [4.69, 9.17) is 16.3 Å². The number of rotatable bonds is 6. The number of sulfonamides is 1. The van der Waals surface area contributed by atoms with E-state index >= 15 is 0 Å². The van der Waals surface area contributed by atoms with Gasteiger partial charge in [-0.1, -0.05) is 11.6 Å². The Morgan fingerprint density at radius 3 is 2.07 bits per heavy atom. The Kier molecular flexibility index (Phi) is 6.12. The topological polar surface area (TPSA) is 102 Å². The molecule has 0 radical (unpaired) electrons. The summed E-state index contributed by atoms with van der Waals surface area (Å²) in [4.78, 5) is 23.4. The maximum atomic E-state index is 12.5. The maximum absolute atomic E-state index is 12.5. The van der Waals surface area contributed by atoms with E-state index in [1.807, 2.05) is 4.72 Å². The minimum Gasteiger partial charge on any atom is -0.478 e. The smallest absolute Gasteiger partial charge is 0.267 e. The van der Waals surface area contributed by atoms with Crippen LogP contribution < -0.4 is 14.8 Å². The summed E-state index contributed by atoms with van der Waals surface area (Å²) < 4.78 is 31.4. The number of hydrogen-bond donors (Lipinski definition) is 2. The zero-order valence-electron chi connectivity index (χ0n) is 14.9. The lowest BCUT2D eigenvalue weighted by molar-refractivity contribution is -0.128. The van der Waals surface area contributed by atoms with Gasteiger partial charge in [0, 0.05) is 17.6 Å². The first kappa shape index (κ1) is 20.7. The van der Waals surface area contributed by atoms with Crippen LogP contribution >= 0.6 is 11.6 Å². The molecule has 2 aromatic rings. The fourth-order valence-corrected chi connectivity index (χ4v) is 3.21. The van der Waals surface area contributed by atoms with E-state index in [9.17, 15) is 18.0 Å². The number of carbonyl (C=O) groups excluding carboxylic acids is 2. The summed E-state index contributed by atoms with van der Waals surface area (Å²) in [7, 11) is -3.93. The molecule has 0 aromatic heterocycles. The lowest BCUT2D eigenvalue weighted by atomic mass is 10.1. The molecule has 0 fully saturated rings. The predicted molar refractivity (Wildman–Crippen MR) is 102 cm³/mol. The molecule has 9 heteroatoms. The van der Waals surface area contributed by atoms with Crippen molar-refractivity contribution in [1.82, 2.24) is 4.72 Å². The molecule has 2 amide bonds. The van der Waals surface area contributed by atoms with Crippen molar-refractivity contribution in [2.24, 2.45) is 0 Å². The third-order valence-corrected chi connectivity index (χ3v) is 5.13. The minimum atomic E-state index is -3.93. The molecule has 7 nitrogen and oxygen atoms in total. The number of carbonyl (C=O) groups is 2. The van der Waals surface area contributed by atoms with Gasteiger partial charge in [0.05, 0.1) is 4.90 Å². The summed E-state index contributed by atoms with van der Waals surface area (Å²) in [5.41, 5.74) is -0.802. The monoisotopic (exact) mass is 410 g/mol. The number of nitrogens with one attached hydrogen (secondary N) is 2. The van der Waals surface area contributed by atoms with Gasteiger partial charge in [0.1, 0.15) is 5.75 Å². The predicted octanol–water partition coefficient (Wildman–Crippen LogP) is 2.96. The molecule has 2 aromatic carbocycles. The van der Waals surface area contributed by atoms with E-state index in [0.717, 1.165) is 6.92 Å². The second kappa shape index (κ2) is 7.98. The average Bonchev–Trinajstić information content (AvgIpc) is 2.56. The standard InChI is InChI=1S/C18H19ClN2O5S/c1-12(22)21-27(24,25)16-10-6-14(7-11-16)20-17(23)18(2,3)26-15-8-4-13(19)5-9-15/h4-11H,1-3H3,(H,20,23)(H,21,22). The highest BCUT2D eigenvalue weighted by Gasteiger charge is 2.30. The molecule has 2 N–H and O–H groups in total. The van der Waals surface area contributed by atoms with Crippen molar-refractivity contribution in [3.63, 3.8) is 0 Å². The van der Waals surface area contributed by atoms with Crippen LogP contribution in [-0.4, -0.2) is 25.8 Å². The van der Waals surface area contributed by atoms with Crippen LogP contribution in [0.5, 0.6) is 5.75 Å². The third-order valence-electron chi connectivity index (χ3n) is 3.43. The summed E-state index contributed by atoms with van der Waals surface area (Å²) in [6.07, 6.45) is 0. The number of halogens is 1. The normalized spacial score (nSPS) is 11.6. The SMILES string of the molecule is CC(=O)NS(=O)(=O)c1ccc(NC(=O)C(C)(C)Oc2ccc(Cl)cc2)cc1. The molecule has 2 rings (SSSR count). The highest BCUT2D eigenvalue weighted by Crippen LogP contribution is 2.22. The first-order chi connectivity index (χ1) is 12.5. The number of anilines is 1. The molecule has 0 bridgehead atoms. The highest BCUT2D eigenvalue weighted by molar-refractivity contribution is 7.90. The Labute approximate surface area is 162 Å². The first-order valence-corrected chi connectivity index (χ1v) is 9.75. The summed E-state index contributed by atoms with van der Waals surface area (Å²) in [6.45, 7) is 4.31. The lowest BCUT2D eigenvalue weighted by Gasteiger charge is -2.25. The molecule has 0 aliphatic carbocycles. The van der Waals surface area contributed by atoms with Crippen molar-refractivity contribution >= 4 is 39.1 Å². The molecule has 0 unspecified atom stereocenters. The summed E-state index contributed by atoms with van der Waals surface area (Å²) >= 11 is 5.82. The number of amides is 2. The third kappa shape index (κ3) is 5.70. The Morgan fingerprint density at radius 1 is 1.00 bits per heavy atom. The number of ether oxygens (including phenoxy) is 1. The van der Waals surface area contributed by atoms with Crippen LogP contribution in [-0.2, 0) is 19.6 Å². The minimum absolute atomic E-state index is 0.0904. The van der Waals surface area contributed by atoms with E-state index in [-0.39, 0.29) is 4.90 Å². The van der Waals surface area contributed by atoms with Crippen LogP contribution in [0, 0.1) is 0 Å². The Bertz CT molecular complexity index is 939. The molecule has 144 valence electrons. The zero-order chi connectivity index (χ0) is 20.2. The van der Waals surface area contributed by atoms with Crippen molar-refractivity contribution in [1.29, 1.82) is 0 Å². The second-order valence-electron chi connectivity index (χ2n) is 6.21. The molecular weight excluding hydrogens is 392 g/mol. The largest absolute Gasteiger partial charge is 0.478 e. The van der Waals surface area contributed by atoms with Crippen LogP contribution in [0.15, 0.2) is 53.4 Å². The van der Waals surface area contributed by atoms with E-state index < -0.39 is 27.4 Å². The molecular formula is C18H19ClN2O5S. The van der Waals surface area contributed by atoms with Crippen LogP contribution in [0.25, 0.3) is 0 Å². The van der Waals surface area contributed by atoms with Gasteiger partial charge in [-0.3, -0.25) is 9.59 Å². The van der Waals surface area contributed by atoms with Gasteiger partial charge in [0.2, 0.25) is 5.91 Å². The fraction of sp³-hybridized carbons (Fsp3) is 0.222. The highest BCUT2D eigenvalue weighted by atomic mass is 35.5. The summed E-state index contributed by atoms with van der Waals surface area (Å²) in [5.74, 6) is -0.625. The van der Waals surface area contributed by atoms with Crippen LogP contribution in [0.3, 0.4) is 0 Å². The number of hydrogen-bond acceptors (Lipinski definition) is 5. The zero-order valence-corrected chi connectivity index (χ0v) is 16.5. The summed E-state index contributed by atoms with van der Waals surface area (Å²) in [6, 6.07) is 12.0. The van der Waals surface area contributed by atoms with Crippen molar-refractivity contribution in [2.75, 3.05) is 5.32 Å². The van der Waals surface area contributed by atoms with Crippen molar-refractivity contribution in [3.05, 3.63) is 53.6 Å². The van der Waals surface area contributed by atoms with Crippen molar-refractivity contribution in [2.45, 2.75) is 31.3 Å². The molecule has 27 heavy (non-hydrogen) atoms. The Balaban J connectivity index is 2.08. The molecule has 0 saturated heterocycles. The lowest BCUT2D eigenvalue weighted by Crippen LogP contribution is -2.42. The average molecular weight is 411 g/mol. The van der Waals surface area contributed by atoms with Gasteiger partial charge in [0.25, 0.3) is 15.9 Å². The Morgan fingerprint density at radius 2 is 1.56 bits per heavy atom. The molecule has 0 aliphatic rings. The quantitative estimate of drug-likeness (QED) is 0.762. The van der Waals surface area contributed by atoms with Crippen LogP contribution in [0.4, 0.5) is 5.69 Å². The van der Waals surface area contributed by atoms with Gasteiger partial charge < -0.3 is 10.1 Å². The maximum Gasteiger partial charge on any atom is 0.267 e. The van der Waals surface area contributed by atoms with Crippen LogP contribution in [0.2, 0.25) is 5.02 Å². The second-order valence-corrected chi connectivity index (χ2v) is 8.33. The molecule has 0 aliphatic heterocycles. The van der Waals surface area contributed by atoms with E-state index in [1.54, 1.807) is 38.1 Å². The van der Waals surface area contributed by atoms with Gasteiger partial charge in [-0.2, -0.15) is 0 Å². The first-order valence-electron chi connectivity index (χ1n) is 7.89. The van der Waals surface area contributed by atoms with Gasteiger partial charge in [0.15, 0.2) is 5.60 Å². The van der Waals surface area contributed by atoms with Crippen molar-refractivity contribution in [3.8, 4) is 5.75 Å². The molecule has 0 spiro atoms.